The summed E-state index contributed by atoms with van der Waals surface area (Å²) in [5, 5.41) is 9.28. The molecule has 0 saturated carbocycles. The lowest BCUT2D eigenvalue weighted by molar-refractivity contribution is -0.155. The van der Waals surface area contributed by atoms with Crippen molar-refractivity contribution < 1.29 is 14.7 Å². The Hall–Kier alpha value is -1.10. The first kappa shape index (κ1) is 16.0. The minimum atomic E-state index is -1.03. The van der Waals surface area contributed by atoms with Gasteiger partial charge in [-0.25, -0.2) is 0 Å². The molecule has 1 heterocycles. The molecule has 5 heteroatoms. The Kier molecular flexibility index (Phi) is 4.96. The summed E-state index contributed by atoms with van der Waals surface area (Å²) in [5.74, 6) is -1.84. The molecule has 1 rings (SSSR count). The zero-order valence-corrected chi connectivity index (χ0v) is 12.6. The van der Waals surface area contributed by atoms with Gasteiger partial charge in [-0.2, -0.15) is 0 Å². The highest BCUT2D eigenvalue weighted by Gasteiger charge is 2.39. The average molecular weight is 270 g/mol. The molecule has 5 nitrogen and oxygen atoms in total. The molecule has 1 saturated heterocycles. The van der Waals surface area contributed by atoms with Gasteiger partial charge in [-0.3, -0.25) is 9.59 Å². The molecule has 1 amide bonds. The Morgan fingerprint density at radius 2 is 2.00 bits per heavy atom. The van der Waals surface area contributed by atoms with E-state index in [1.807, 2.05) is 0 Å². The number of carboxylic acids is 1. The predicted octanol–water partition coefficient (Wildman–Crippen LogP) is 1.14. The second-order valence-corrected chi connectivity index (χ2v) is 6.77. The highest BCUT2D eigenvalue weighted by atomic mass is 16.4. The van der Waals surface area contributed by atoms with Gasteiger partial charge in [-0.1, -0.05) is 20.8 Å². The second-order valence-electron chi connectivity index (χ2n) is 6.77. The Balaban J connectivity index is 2.66. The Bertz CT molecular complexity index is 349. The van der Waals surface area contributed by atoms with Gasteiger partial charge in [-0.05, 0) is 31.3 Å². The van der Waals surface area contributed by atoms with E-state index >= 15 is 0 Å². The molecule has 0 aliphatic carbocycles. The van der Waals surface area contributed by atoms with E-state index in [1.54, 1.807) is 32.7 Å². The lowest BCUT2D eigenvalue weighted by Crippen LogP contribution is -2.45. The van der Waals surface area contributed by atoms with Crippen molar-refractivity contribution in [2.24, 2.45) is 17.3 Å². The summed E-state index contributed by atoms with van der Waals surface area (Å²) < 4.78 is 0. The minimum Gasteiger partial charge on any atom is -0.481 e. The van der Waals surface area contributed by atoms with Crippen LogP contribution in [0.5, 0.6) is 0 Å². The van der Waals surface area contributed by atoms with E-state index in [9.17, 15) is 14.7 Å². The number of hydrogen-bond donors (Lipinski definition) is 1. The van der Waals surface area contributed by atoms with Gasteiger partial charge in [0.15, 0.2) is 0 Å². The highest BCUT2D eigenvalue weighted by molar-refractivity contribution is 5.97. The molecule has 1 aliphatic heterocycles. The van der Waals surface area contributed by atoms with Gasteiger partial charge < -0.3 is 14.9 Å². The summed E-state index contributed by atoms with van der Waals surface area (Å²) in [5.41, 5.74) is -0.566. The molecule has 2 unspecified atom stereocenters. The van der Waals surface area contributed by atoms with E-state index in [0.717, 1.165) is 19.5 Å². The van der Waals surface area contributed by atoms with Crippen LogP contribution in [0, 0.1) is 17.3 Å². The third-order valence-corrected chi connectivity index (χ3v) is 3.76. The van der Waals surface area contributed by atoms with E-state index < -0.39 is 17.3 Å². The van der Waals surface area contributed by atoms with Gasteiger partial charge in [-0.15, -0.1) is 0 Å². The van der Waals surface area contributed by atoms with Crippen LogP contribution in [0.25, 0.3) is 0 Å². The smallest absolute Gasteiger partial charge is 0.316 e. The number of carboxylic acid groups (broad SMARTS) is 1. The zero-order chi connectivity index (χ0) is 14.8. The number of aliphatic carboxylic acids is 1. The molecule has 0 aromatic rings. The molecule has 0 spiro atoms. The van der Waals surface area contributed by atoms with Crippen LogP contribution in [0.15, 0.2) is 0 Å². The van der Waals surface area contributed by atoms with Gasteiger partial charge in [0.25, 0.3) is 0 Å². The maximum Gasteiger partial charge on any atom is 0.316 e. The Morgan fingerprint density at radius 1 is 1.42 bits per heavy atom. The minimum absolute atomic E-state index is 0.283. The topological polar surface area (TPSA) is 60.9 Å². The van der Waals surface area contributed by atoms with Crippen molar-refractivity contribution in [2.75, 3.05) is 33.7 Å². The van der Waals surface area contributed by atoms with Crippen molar-refractivity contribution >= 4 is 11.9 Å². The quantitative estimate of drug-likeness (QED) is 0.778. The average Bonchev–Trinajstić information content (AvgIpc) is 2.60. The van der Waals surface area contributed by atoms with Crippen molar-refractivity contribution in [2.45, 2.75) is 27.2 Å². The van der Waals surface area contributed by atoms with Crippen LogP contribution in [-0.2, 0) is 9.59 Å². The molecule has 0 aromatic heterocycles. The van der Waals surface area contributed by atoms with E-state index in [1.165, 1.54) is 0 Å². The molecule has 1 aliphatic rings. The maximum absolute atomic E-state index is 12.3. The first-order chi connectivity index (χ1) is 8.62. The molecular weight excluding hydrogens is 244 g/mol. The molecule has 0 radical (unpaired) electrons. The molecular formula is C14H26N2O3. The summed E-state index contributed by atoms with van der Waals surface area (Å²) >= 11 is 0. The predicted molar refractivity (Wildman–Crippen MR) is 73.8 cm³/mol. The lowest BCUT2D eigenvalue weighted by Gasteiger charge is -2.31. The number of carbonyl (C=O) groups is 2. The van der Waals surface area contributed by atoms with Crippen LogP contribution in [0.1, 0.15) is 27.2 Å². The summed E-state index contributed by atoms with van der Waals surface area (Å²) in [7, 11) is 3.78. The highest BCUT2D eigenvalue weighted by Crippen LogP contribution is 2.28. The van der Waals surface area contributed by atoms with E-state index in [2.05, 4.69) is 11.9 Å². The van der Waals surface area contributed by atoms with Crippen LogP contribution >= 0.6 is 0 Å². The van der Waals surface area contributed by atoms with Crippen LogP contribution in [-0.4, -0.2) is 60.5 Å². The zero-order valence-electron chi connectivity index (χ0n) is 12.6. The fourth-order valence-electron chi connectivity index (χ4n) is 2.72. The number of amides is 1. The largest absolute Gasteiger partial charge is 0.481 e. The van der Waals surface area contributed by atoms with Crippen LogP contribution in [0.4, 0.5) is 0 Å². The Labute approximate surface area is 115 Å². The standard InChI is InChI=1S/C14H26N2O3/c1-14(2,3)11(13(18)19)12(17)16(5)9-10-6-7-15(4)8-10/h10-11H,6-9H2,1-5H3,(H,18,19). The Morgan fingerprint density at radius 3 is 2.37 bits per heavy atom. The van der Waals surface area contributed by atoms with Crippen molar-refractivity contribution in [3.8, 4) is 0 Å². The molecule has 1 fully saturated rings. The van der Waals surface area contributed by atoms with Crippen molar-refractivity contribution in [1.82, 2.24) is 9.80 Å². The van der Waals surface area contributed by atoms with Crippen molar-refractivity contribution in [1.29, 1.82) is 0 Å². The van der Waals surface area contributed by atoms with Gasteiger partial charge in [0.2, 0.25) is 5.91 Å². The summed E-state index contributed by atoms with van der Waals surface area (Å²) in [6.07, 6.45) is 1.07. The number of rotatable bonds is 4. The van der Waals surface area contributed by atoms with Crippen LogP contribution in [0.2, 0.25) is 0 Å². The van der Waals surface area contributed by atoms with E-state index in [-0.39, 0.29) is 5.91 Å². The summed E-state index contributed by atoms with van der Waals surface area (Å²) in [4.78, 5) is 27.5. The fourth-order valence-corrected chi connectivity index (χ4v) is 2.72. The number of nitrogens with zero attached hydrogens (tertiary/aromatic N) is 2. The van der Waals surface area contributed by atoms with Gasteiger partial charge in [0.1, 0.15) is 5.92 Å². The maximum atomic E-state index is 12.3. The van der Waals surface area contributed by atoms with Crippen LogP contribution in [0.3, 0.4) is 0 Å². The fraction of sp³-hybridized carbons (Fsp3) is 0.857. The molecule has 19 heavy (non-hydrogen) atoms. The summed E-state index contributed by atoms with van der Waals surface area (Å²) in [6.45, 7) is 8.05. The van der Waals surface area contributed by atoms with Gasteiger partial charge in [0.05, 0.1) is 0 Å². The monoisotopic (exact) mass is 270 g/mol. The van der Waals surface area contributed by atoms with Gasteiger partial charge in [0, 0.05) is 20.1 Å². The second kappa shape index (κ2) is 5.90. The van der Waals surface area contributed by atoms with Gasteiger partial charge >= 0.3 is 5.97 Å². The molecule has 0 aromatic carbocycles. The third-order valence-electron chi connectivity index (χ3n) is 3.76. The molecule has 2 atom stereocenters. The molecule has 0 bridgehead atoms. The molecule has 110 valence electrons. The van der Waals surface area contributed by atoms with E-state index in [0.29, 0.717) is 12.5 Å². The summed E-state index contributed by atoms with van der Waals surface area (Å²) in [6, 6.07) is 0. The first-order valence-corrected chi connectivity index (χ1v) is 6.79. The van der Waals surface area contributed by atoms with Crippen molar-refractivity contribution in [3.63, 3.8) is 0 Å². The van der Waals surface area contributed by atoms with E-state index in [4.69, 9.17) is 0 Å². The van der Waals surface area contributed by atoms with Crippen LogP contribution < -0.4 is 0 Å². The third kappa shape index (κ3) is 4.20. The lowest BCUT2D eigenvalue weighted by atomic mass is 9.80. The SMILES string of the molecule is CN1CCC(CN(C)C(=O)C(C(=O)O)C(C)(C)C)C1. The first-order valence-electron chi connectivity index (χ1n) is 6.79. The molecule has 1 N–H and O–H groups in total. The number of hydrogen-bond acceptors (Lipinski definition) is 3. The number of likely N-dealkylation sites (tertiary alicyclic amines) is 1. The number of carbonyl (C=O) groups excluding carboxylic acids is 1. The normalized spacial score (nSPS) is 22.3. The van der Waals surface area contributed by atoms with Crippen molar-refractivity contribution in [3.05, 3.63) is 0 Å².